The highest BCUT2D eigenvalue weighted by Gasteiger charge is 2.39. The van der Waals surface area contributed by atoms with Crippen LogP contribution in [0.3, 0.4) is 0 Å². The van der Waals surface area contributed by atoms with Gasteiger partial charge in [-0.3, -0.25) is 0 Å². The topological polar surface area (TPSA) is 24.5 Å². The second-order valence-electron chi connectivity index (χ2n) is 5.54. The molecule has 98 valence electrons. The molecule has 0 aliphatic heterocycles. The van der Waals surface area contributed by atoms with Crippen LogP contribution in [-0.2, 0) is 4.74 Å². The van der Waals surface area contributed by atoms with Crippen LogP contribution in [0.15, 0.2) is 0 Å². The summed E-state index contributed by atoms with van der Waals surface area (Å²) in [7, 11) is 3.82. The van der Waals surface area contributed by atoms with Crippen molar-refractivity contribution in [2.75, 3.05) is 33.9 Å². The first-order valence-corrected chi connectivity index (χ1v) is 7.09. The Bertz CT molecular complexity index is 272. The van der Waals surface area contributed by atoms with E-state index in [0.717, 1.165) is 36.0 Å². The molecule has 4 heteroatoms. The smallest absolute Gasteiger partial charge is 0.168 e. The Hall–Kier alpha value is -0.350. The lowest BCUT2D eigenvalue weighted by atomic mass is 9.88. The Labute approximate surface area is 110 Å². The first kappa shape index (κ1) is 13.1. The van der Waals surface area contributed by atoms with E-state index in [1.54, 1.807) is 7.11 Å². The van der Waals surface area contributed by atoms with E-state index in [0.29, 0.717) is 6.61 Å². The standard InChI is InChI=1S/C13H24N2OS/c1-15(13(17)14-5-6-16-2)9-12-8-10-3-4-11(12)7-10/h10-12H,3-9H2,1-2H3,(H,14,17). The van der Waals surface area contributed by atoms with Crippen LogP contribution in [0.2, 0.25) is 0 Å². The maximum Gasteiger partial charge on any atom is 0.168 e. The van der Waals surface area contributed by atoms with Gasteiger partial charge in [0.15, 0.2) is 5.11 Å². The number of nitrogens with one attached hydrogen (secondary N) is 1. The first-order chi connectivity index (χ1) is 8.20. The summed E-state index contributed by atoms with van der Waals surface area (Å²) in [5.74, 6) is 2.87. The van der Waals surface area contributed by atoms with Gasteiger partial charge in [0.25, 0.3) is 0 Å². The molecule has 2 aliphatic rings. The van der Waals surface area contributed by atoms with Crippen LogP contribution in [0, 0.1) is 17.8 Å². The molecule has 2 fully saturated rings. The first-order valence-electron chi connectivity index (χ1n) is 6.68. The maximum absolute atomic E-state index is 5.37. The molecule has 0 amide bonds. The summed E-state index contributed by atoms with van der Waals surface area (Å²) in [6.07, 6.45) is 5.83. The van der Waals surface area contributed by atoms with Crippen LogP contribution in [0.1, 0.15) is 25.7 Å². The lowest BCUT2D eigenvalue weighted by Gasteiger charge is -2.29. The minimum absolute atomic E-state index is 0.710. The molecule has 17 heavy (non-hydrogen) atoms. The Morgan fingerprint density at radius 2 is 2.24 bits per heavy atom. The van der Waals surface area contributed by atoms with Gasteiger partial charge in [0.05, 0.1) is 6.61 Å². The van der Waals surface area contributed by atoms with Gasteiger partial charge in [-0.25, -0.2) is 0 Å². The molecule has 3 unspecified atom stereocenters. The molecule has 2 aliphatic carbocycles. The molecule has 0 spiro atoms. The third-order valence-electron chi connectivity index (χ3n) is 4.32. The van der Waals surface area contributed by atoms with Gasteiger partial charge in [0, 0.05) is 27.2 Å². The fourth-order valence-electron chi connectivity index (χ4n) is 3.43. The van der Waals surface area contributed by atoms with Crippen molar-refractivity contribution in [3.05, 3.63) is 0 Å². The van der Waals surface area contributed by atoms with Crippen molar-refractivity contribution in [1.82, 2.24) is 10.2 Å². The normalized spacial score (nSPS) is 30.6. The molecule has 2 saturated carbocycles. The summed E-state index contributed by atoms with van der Waals surface area (Å²) >= 11 is 5.37. The van der Waals surface area contributed by atoms with Crippen molar-refractivity contribution in [2.24, 2.45) is 17.8 Å². The van der Waals surface area contributed by atoms with E-state index in [4.69, 9.17) is 17.0 Å². The van der Waals surface area contributed by atoms with Crippen LogP contribution < -0.4 is 5.32 Å². The molecule has 0 heterocycles. The molecule has 2 rings (SSSR count). The minimum atomic E-state index is 0.710. The maximum atomic E-state index is 5.37. The van der Waals surface area contributed by atoms with Crippen LogP contribution in [-0.4, -0.2) is 43.9 Å². The lowest BCUT2D eigenvalue weighted by Crippen LogP contribution is -2.41. The zero-order valence-electron chi connectivity index (χ0n) is 10.9. The van der Waals surface area contributed by atoms with Gasteiger partial charge in [-0.05, 0) is 49.2 Å². The molecule has 0 aromatic carbocycles. The zero-order chi connectivity index (χ0) is 12.3. The van der Waals surface area contributed by atoms with Gasteiger partial charge in [-0.1, -0.05) is 6.42 Å². The van der Waals surface area contributed by atoms with Crippen LogP contribution in [0.4, 0.5) is 0 Å². The molecule has 0 radical (unpaired) electrons. The summed E-state index contributed by atoms with van der Waals surface area (Å²) in [4.78, 5) is 2.20. The second-order valence-corrected chi connectivity index (χ2v) is 5.93. The van der Waals surface area contributed by atoms with E-state index in [1.807, 2.05) is 0 Å². The largest absolute Gasteiger partial charge is 0.383 e. The van der Waals surface area contributed by atoms with E-state index in [2.05, 4.69) is 17.3 Å². The Balaban J connectivity index is 1.69. The Morgan fingerprint density at radius 3 is 2.82 bits per heavy atom. The van der Waals surface area contributed by atoms with Gasteiger partial charge < -0.3 is 15.0 Å². The van der Waals surface area contributed by atoms with E-state index < -0.39 is 0 Å². The average Bonchev–Trinajstić information content (AvgIpc) is 2.91. The number of hydrogen-bond acceptors (Lipinski definition) is 2. The van der Waals surface area contributed by atoms with Crippen LogP contribution in [0.25, 0.3) is 0 Å². The van der Waals surface area contributed by atoms with E-state index in [1.165, 1.54) is 25.7 Å². The highest BCUT2D eigenvalue weighted by atomic mass is 32.1. The number of methoxy groups -OCH3 is 1. The molecule has 0 aromatic rings. The molecule has 3 nitrogen and oxygen atoms in total. The third kappa shape index (κ3) is 3.32. The fraction of sp³-hybridized carbons (Fsp3) is 0.923. The summed E-state index contributed by atoms with van der Waals surface area (Å²) in [6.45, 7) is 2.64. The molecule has 3 atom stereocenters. The van der Waals surface area contributed by atoms with Crippen molar-refractivity contribution in [1.29, 1.82) is 0 Å². The minimum Gasteiger partial charge on any atom is -0.383 e. The van der Waals surface area contributed by atoms with Gasteiger partial charge in [-0.15, -0.1) is 0 Å². The Kier molecular flexibility index (Phi) is 4.62. The monoisotopic (exact) mass is 256 g/mol. The number of nitrogens with zero attached hydrogens (tertiary/aromatic N) is 1. The summed E-state index contributed by atoms with van der Waals surface area (Å²) in [6, 6.07) is 0. The highest BCUT2D eigenvalue weighted by Crippen LogP contribution is 2.48. The van der Waals surface area contributed by atoms with Crippen molar-refractivity contribution >= 4 is 17.3 Å². The number of hydrogen-bond donors (Lipinski definition) is 1. The average molecular weight is 256 g/mol. The van der Waals surface area contributed by atoms with Crippen LogP contribution >= 0.6 is 12.2 Å². The molecular formula is C13H24N2OS. The van der Waals surface area contributed by atoms with E-state index in [-0.39, 0.29) is 0 Å². The van der Waals surface area contributed by atoms with Crippen molar-refractivity contribution < 1.29 is 4.74 Å². The van der Waals surface area contributed by atoms with E-state index in [9.17, 15) is 0 Å². The highest BCUT2D eigenvalue weighted by molar-refractivity contribution is 7.80. The predicted octanol–water partition coefficient (Wildman–Crippen LogP) is 1.88. The molecule has 0 aromatic heterocycles. The van der Waals surface area contributed by atoms with Gasteiger partial charge in [0.2, 0.25) is 0 Å². The molecule has 0 saturated heterocycles. The zero-order valence-corrected chi connectivity index (χ0v) is 11.8. The quantitative estimate of drug-likeness (QED) is 0.599. The number of rotatable bonds is 5. The third-order valence-corrected chi connectivity index (χ3v) is 4.78. The van der Waals surface area contributed by atoms with Crippen molar-refractivity contribution in [3.63, 3.8) is 0 Å². The van der Waals surface area contributed by atoms with Gasteiger partial charge in [-0.2, -0.15) is 0 Å². The number of ether oxygens (including phenoxy) is 1. The van der Waals surface area contributed by atoms with Crippen LogP contribution in [0.5, 0.6) is 0 Å². The fourth-order valence-corrected chi connectivity index (χ4v) is 3.61. The van der Waals surface area contributed by atoms with Gasteiger partial charge in [0.1, 0.15) is 0 Å². The number of thiocarbonyl (C=S) groups is 1. The summed E-state index contributed by atoms with van der Waals surface area (Å²) in [5.41, 5.74) is 0. The predicted molar refractivity (Wildman–Crippen MR) is 74.0 cm³/mol. The summed E-state index contributed by atoms with van der Waals surface area (Å²) < 4.78 is 5.01. The summed E-state index contributed by atoms with van der Waals surface area (Å²) in [5, 5.41) is 4.10. The molecule has 2 bridgehead atoms. The SMILES string of the molecule is COCCNC(=S)N(C)CC1CC2CCC1C2. The van der Waals surface area contributed by atoms with E-state index >= 15 is 0 Å². The molecular weight excluding hydrogens is 232 g/mol. The molecule has 1 N–H and O–H groups in total. The lowest BCUT2D eigenvalue weighted by molar-refractivity contribution is 0.202. The Morgan fingerprint density at radius 1 is 1.41 bits per heavy atom. The second kappa shape index (κ2) is 6.01. The van der Waals surface area contributed by atoms with Gasteiger partial charge >= 0.3 is 0 Å². The van der Waals surface area contributed by atoms with Crippen molar-refractivity contribution in [3.8, 4) is 0 Å². The number of fused-ring (bicyclic) bond motifs is 2. The van der Waals surface area contributed by atoms with Crippen molar-refractivity contribution in [2.45, 2.75) is 25.7 Å².